The first-order chi connectivity index (χ1) is 8.93. The van der Waals surface area contributed by atoms with Crippen LogP contribution in [-0.4, -0.2) is 42.1 Å². The molecule has 3 N–H and O–H groups in total. The van der Waals surface area contributed by atoms with E-state index in [1.54, 1.807) is 14.2 Å². The topological polar surface area (TPSA) is 92.9 Å². The second kappa shape index (κ2) is 6.75. The molecule has 19 heavy (non-hydrogen) atoms. The van der Waals surface area contributed by atoms with Crippen molar-refractivity contribution in [3.8, 4) is 5.75 Å². The monoisotopic (exact) mass is 266 g/mol. The Hall–Kier alpha value is -2.08. The van der Waals surface area contributed by atoms with Gasteiger partial charge in [0.2, 0.25) is 5.91 Å². The molecule has 0 saturated heterocycles. The molecule has 0 saturated carbocycles. The maximum Gasteiger partial charge on any atom is 0.321 e. The van der Waals surface area contributed by atoms with Crippen LogP contribution < -0.4 is 10.5 Å². The maximum absolute atomic E-state index is 11.8. The first-order valence-corrected chi connectivity index (χ1v) is 5.79. The lowest BCUT2D eigenvalue weighted by Crippen LogP contribution is -2.37. The minimum Gasteiger partial charge on any atom is -0.497 e. The predicted molar refractivity (Wildman–Crippen MR) is 69.7 cm³/mol. The van der Waals surface area contributed by atoms with Gasteiger partial charge >= 0.3 is 5.97 Å². The van der Waals surface area contributed by atoms with Crippen molar-refractivity contribution in [3.63, 3.8) is 0 Å². The third kappa shape index (κ3) is 4.59. The number of hydrogen-bond donors (Lipinski definition) is 2. The van der Waals surface area contributed by atoms with Crippen LogP contribution in [0.4, 0.5) is 0 Å². The van der Waals surface area contributed by atoms with Gasteiger partial charge in [-0.15, -0.1) is 0 Å². The summed E-state index contributed by atoms with van der Waals surface area (Å²) in [7, 11) is 3.18. The van der Waals surface area contributed by atoms with E-state index in [0.29, 0.717) is 12.3 Å². The fraction of sp³-hybridized carbons (Fsp3) is 0.385. The number of carboxylic acid groups (broad SMARTS) is 1. The summed E-state index contributed by atoms with van der Waals surface area (Å²) < 4.78 is 5.09. The van der Waals surface area contributed by atoms with Crippen LogP contribution in [0.3, 0.4) is 0 Å². The number of amides is 1. The van der Waals surface area contributed by atoms with Gasteiger partial charge in [0.15, 0.2) is 0 Å². The number of ether oxygens (including phenoxy) is 1. The van der Waals surface area contributed by atoms with Crippen LogP contribution in [0.25, 0.3) is 0 Å². The van der Waals surface area contributed by atoms with Crippen molar-refractivity contribution < 1.29 is 19.4 Å². The highest BCUT2D eigenvalue weighted by Crippen LogP contribution is 2.14. The third-order valence-corrected chi connectivity index (χ3v) is 2.69. The third-order valence-electron chi connectivity index (χ3n) is 2.69. The number of carbonyl (C=O) groups is 2. The molecule has 0 aromatic heterocycles. The number of carbonyl (C=O) groups excluding carboxylic acids is 1. The summed E-state index contributed by atoms with van der Waals surface area (Å²) in [6.07, 6.45) is -0.212. The molecule has 1 atom stereocenters. The van der Waals surface area contributed by atoms with Gasteiger partial charge in [0, 0.05) is 13.6 Å². The van der Waals surface area contributed by atoms with Gasteiger partial charge in [-0.25, -0.2) is 0 Å². The minimum atomic E-state index is -1.18. The zero-order valence-corrected chi connectivity index (χ0v) is 11.0. The van der Waals surface area contributed by atoms with Crippen LogP contribution in [0, 0.1) is 0 Å². The summed E-state index contributed by atoms with van der Waals surface area (Å²) in [5.41, 5.74) is 6.23. The lowest BCUT2D eigenvalue weighted by atomic mass is 10.1. The number of benzene rings is 1. The highest BCUT2D eigenvalue weighted by atomic mass is 16.5. The smallest absolute Gasteiger partial charge is 0.321 e. The van der Waals surface area contributed by atoms with E-state index in [4.69, 9.17) is 15.6 Å². The Morgan fingerprint density at radius 3 is 2.74 bits per heavy atom. The van der Waals surface area contributed by atoms with E-state index in [1.807, 2.05) is 24.3 Å². The average molecular weight is 266 g/mol. The van der Waals surface area contributed by atoms with Gasteiger partial charge in [-0.05, 0) is 17.7 Å². The summed E-state index contributed by atoms with van der Waals surface area (Å²) in [5, 5.41) is 8.66. The Morgan fingerprint density at radius 1 is 1.47 bits per heavy atom. The van der Waals surface area contributed by atoms with Crippen LogP contribution in [0.15, 0.2) is 24.3 Å². The molecule has 0 fully saturated rings. The van der Waals surface area contributed by atoms with Crippen molar-refractivity contribution in [1.82, 2.24) is 4.90 Å². The number of nitrogens with zero attached hydrogens (tertiary/aromatic N) is 1. The van der Waals surface area contributed by atoms with Crippen molar-refractivity contribution >= 4 is 11.9 Å². The van der Waals surface area contributed by atoms with E-state index in [1.165, 1.54) is 4.90 Å². The fourth-order valence-corrected chi connectivity index (χ4v) is 1.56. The minimum absolute atomic E-state index is 0.212. The van der Waals surface area contributed by atoms with Crippen molar-refractivity contribution in [2.24, 2.45) is 5.73 Å². The standard InChI is InChI=1S/C13H18N2O4/c1-15(12(16)7-11(14)13(17)18)8-9-4-3-5-10(6-9)19-2/h3-6,11H,7-8,14H2,1-2H3,(H,17,18). The quantitative estimate of drug-likeness (QED) is 0.780. The number of aliphatic carboxylic acids is 1. The lowest BCUT2D eigenvalue weighted by Gasteiger charge is -2.18. The summed E-state index contributed by atoms with van der Waals surface area (Å²) in [6, 6.07) is 6.16. The summed E-state index contributed by atoms with van der Waals surface area (Å²) in [4.78, 5) is 23.8. The van der Waals surface area contributed by atoms with Gasteiger partial charge in [-0.1, -0.05) is 12.1 Å². The molecule has 104 valence electrons. The van der Waals surface area contributed by atoms with Crippen LogP contribution in [0.2, 0.25) is 0 Å². The van der Waals surface area contributed by atoms with Gasteiger partial charge < -0.3 is 20.5 Å². The summed E-state index contributed by atoms with van der Waals surface area (Å²) >= 11 is 0. The molecule has 6 nitrogen and oxygen atoms in total. The van der Waals surface area contributed by atoms with Gasteiger partial charge in [-0.3, -0.25) is 9.59 Å². The Kier molecular flexibility index (Phi) is 5.32. The average Bonchev–Trinajstić information content (AvgIpc) is 2.38. The van der Waals surface area contributed by atoms with Crippen molar-refractivity contribution in [2.45, 2.75) is 19.0 Å². The Bertz CT molecular complexity index is 462. The predicted octanol–water partition coefficient (Wildman–Crippen LogP) is 0.456. The van der Waals surface area contributed by atoms with Crippen LogP contribution in [0.1, 0.15) is 12.0 Å². The Balaban J connectivity index is 2.60. The molecule has 0 heterocycles. The zero-order chi connectivity index (χ0) is 14.4. The Morgan fingerprint density at radius 2 is 2.16 bits per heavy atom. The molecule has 0 spiro atoms. The van der Waals surface area contributed by atoms with Gasteiger partial charge in [-0.2, -0.15) is 0 Å². The molecule has 0 aliphatic carbocycles. The second-order valence-corrected chi connectivity index (χ2v) is 4.25. The number of rotatable bonds is 6. The molecule has 0 aliphatic heterocycles. The van der Waals surface area contributed by atoms with Gasteiger partial charge in [0.1, 0.15) is 11.8 Å². The molecule has 1 aromatic rings. The summed E-state index contributed by atoms with van der Waals surface area (Å²) in [5.74, 6) is -0.776. The van der Waals surface area contributed by atoms with E-state index in [0.717, 1.165) is 5.56 Å². The van der Waals surface area contributed by atoms with Crippen LogP contribution in [0.5, 0.6) is 5.75 Å². The highest BCUT2D eigenvalue weighted by molar-refractivity contribution is 5.84. The van der Waals surface area contributed by atoms with E-state index in [9.17, 15) is 9.59 Å². The normalized spacial score (nSPS) is 11.7. The molecule has 6 heteroatoms. The largest absolute Gasteiger partial charge is 0.497 e. The Labute approximate surface area is 111 Å². The molecule has 0 radical (unpaired) electrons. The fourth-order valence-electron chi connectivity index (χ4n) is 1.56. The molecule has 0 aliphatic rings. The first-order valence-electron chi connectivity index (χ1n) is 5.79. The van der Waals surface area contributed by atoms with Crippen molar-refractivity contribution in [3.05, 3.63) is 29.8 Å². The number of methoxy groups -OCH3 is 1. The molecule has 1 rings (SSSR count). The van der Waals surface area contributed by atoms with E-state index in [2.05, 4.69) is 0 Å². The maximum atomic E-state index is 11.8. The van der Waals surface area contributed by atoms with E-state index in [-0.39, 0.29) is 12.3 Å². The first kappa shape index (κ1) is 15.0. The molecular formula is C13H18N2O4. The molecule has 1 unspecified atom stereocenters. The zero-order valence-electron chi connectivity index (χ0n) is 11.0. The van der Waals surface area contributed by atoms with E-state index < -0.39 is 12.0 Å². The van der Waals surface area contributed by atoms with Crippen molar-refractivity contribution in [2.75, 3.05) is 14.2 Å². The lowest BCUT2D eigenvalue weighted by molar-refractivity contribution is -0.142. The van der Waals surface area contributed by atoms with Gasteiger partial charge in [0.25, 0.3) is 0 Å². The molecule has 1 amide bonds. The number of hydrogen-bond acceptors (Lipinski definition) is 4. The summed E-state index contributed by atoms with van der Waals surface area (Å²) in [6.45, 7) is 0.377. The van der Waals surface area contributed by atoms with E-state index >= 15 is 0 Å². The molecule has 1 aromatic carbocycles. The second-order valence-electron chi connectivity index (χ2n) is 4.25. The molecule has 0 bridgehead atoms. The van der Waals surface area contributed by atoms with Crippen molar-refractivity contribution in [1.29, 1.82) is 0 Å². The van der Waals surface area contributed by atoms with Crippen LogP contribution in [-0.2, 0) is 16.1 Å². The number of nitrogens with two attached hydrogens (primary N) is 1. The molecular weight excluding hydrogens is 248 g/mol. The van der Waals surface area contributed by atoms with Gasteiger partial charge in [0.05, 0.1) is 13.5 Å². The van der Waals surface area contributed by atoms with Crippen LogP contribution >= 0.6 is 0 Å². The SMILES string of the molecule is COc1cccc(CN(C)C(=O)CC(N)C(=O)O)c1. The number of carboxylic acids is 1. The highest BCUT2D eigenvalue weighted by Gasteiger charge is 2.19.